The Bertz CT molecular complexity index is 460. The first-order chi connectivity index (χ1) is 10.7. The van der Waals surface area contributed by atoms with Gasteiger partial charge in [-0.1, -0.05) is 36.2 Å². The lowest BCUT2D eigenvalue weighted by Gasteiger charge is -2.33. The fourth-order valence-electron chi connectivity index (χ4n) is 4.07. The molecule has 1 aromatic rings. The van der Waals surface area contributed by atoms with Crippen LogP contribution < -0.4 is 5.32 Å². The zero-order chi connectivity index (χ0) is 15.4. The molecule has 2 fully saturated rings. The zero-order valence-corrected chi connectivity index (χ0v) is 16.7. The van der Waals surface area contributed by atoms with Crippen molar-refractivity contribution in [2.24, 2.45) is 0 Å². The Kier molecular flexibility index (Phi) is 9.61. The number of nitrogens with one attached hydrogen (secondary N) is 1. The molecule has 1 aliphatic carbocycles. The summed E-state index contributed by atoms with van der Waals surface area (Å²) in [5, 5.41) is 3.44. The maximum absolute atomic E-state index is 3.44. The average Bonchev–Trinajstić information content (AvgIpc) is 3.04. The van der Waals surface area contributed by atoms with E-state index < -0.39 is 0 Å². The normalized spacial score (nSPS) is 24.5. The molecule has 0 radical (unpaired) electrons. The van der Waals surface area contributed by atoms with Gasteiger partial charge in [0.2, 0.25) is 0 Å². The van der Waals surface area contributed by atoms with Crippen LogP contribution in [-0.4, -0.2) is 62.2 Å². The van der Waals surface area contributed by atoms with E-state index in [-0.39, 0.29) is 24.8 Å². The van der Waals surface area contributed by atoms with Crippen molar-refractivity contribution in [1.82, 2.24) is 15.1 Å². The molecule has 1 heterocycles. The number of halogens is 2. The third-order valence-corrected chi connectivity index (χ3v) is 5.53. The van der Waals surface area contributed by atoms with Gasteiger partial charge in [0.05, 0.1) is 0 Å². The van der Waals surface area contributed by atoms with Gasteiger partial charge in [-0.05, 0) is 38.3 Å². The van der Waals surface area contributed by atoms with Crippen molar-refractivity contribution in [3.8, 4) is 0 Å². The molecular weight excluding hydrogens is 341 g/mol. The fraction of sp³-hybridized carbons (Fsp3) is 0.684. The van der Waals surface area contributed by atoms with Gasteiger partial charge >= 0.3 is 0 Å². The van der Waals surface area contributed by atoms with Crippen molar-refractivity contribution in [3.05, 3.63) is 35.4 Å². The van der Waals surface area contributed by atoms with Crippen molar-refractivity contribution in [2.75, 3.05) is 46.3 Å². The van der Waals surface area contributed by atoms with E-state index in [2.05, 4.69) is 53.4 Å². The Balaban J connectivity index is 0.00000144. The molecule has 1 saturated carbocycles. The molecule has 24 heavy (non-hydrogen) atoms. The predicted molar refractivity (Wildman–Crippen MR) is 108 cm³/mol. The molecule has 2 atom stereocenters. The highest BCUT2D eigenvalue weighted by molar-refractivity contribution is 5.85. The molecule has 0 aromatic heterocycles. The Hall–Kier alpha value is -0.320. The topological polar surface area (TPSA) is 18.5 Å². The predicted octanol–water partition coefficient (Wildman–Crippen LogP) is 3.31. The van der Waals surface area contributed by atoms with Crippen LogP contribution in [-0.2, 0) is 0 Å². The average molecular weight is 374 g/mol. The van der Waals surface area contributed by atoms with Crippen LogP contribution in [0.3, 0.4) is 0 Å². The summed E-state index contributed by atoms with van der Waals surface area (Å²) in [7, 11) is 2.33. The van der Waals surface area contributed by atoms with E-state index in [9.17, 15) is 0 Å². The van der Waals surface area contributed by atoms with Crippen molar-refractivity contribution < 1.29 is 0 Å². The summed E-state index contributed by atoms with van der Waals surface area (Å²) in [6, 6.07) is 9.97. The van der Waals surface area contributed by atoms with E-state index in [0.717, 1.165) is 25.0 Å². The van der Waals surface area contributed by atoms with Crippen LogP contribution in [0.4, 0.5) is 0 Å². The number of rotatable bonds is 5. The Morgan fingerprint density at radius 3 is 2.42 bits per heavy atom. The van der Waals surface area contributed by atoms with Gasteiger partial charge < -0.3 is 10.2 Å². The maximum Gasteiger partial charge on any atom is 0.0161 e. The van der Waals surface area contributed by atoms with Crippen molar-refractivity contribution in [2.45, 2.75) is 38.1 Å². The minimum atomic E-state index is 0. The van der Waals surface area contributed by atoms with E-state index in [0.29, 0.717) is 0 Å². The van der Waals surface area contributed by atoms with E-state index in [1.165, 1.54) is 51.0 Å². The van der Waals surface area contributed by atoms with Gasteiger partial charge in [-0.25, -0.2) is 0 Å². The van der Waals surface area contributed by atoms with Gasteiger partial charge in [0.15, 0.2) is 0 Å². The molecule has 0 bridgehead atoms. The lowest BCUT2D eigenvalue weighted by molar-refractivity contribution is 0.170. The van der Waals surface area contributed by atoms with Crippen LogP contribution in [0.15, 0.2) is 24.3 Å². The van der Waals surface area contributed by atoms with Crippen LogP contribution in [0, 0.1) is 6.92 Å². The molecule has 138 valence electrons. The first-order valence-corrected chi connectivity index (χ1v) is 8.94. The molecule has 1 aliphatic heterocycles. The SMILES string of the molecule is Cc1ccc(C2CCCC2N(C)CCN2CCNCC2)cc1.Cl.Cl. The first kappa shape index (κ1) is 21.7. The lowest BCUT2D eigenvalue weighted by atomic mass is 9.92. The quantitative estimate of drug-likeness (QED) is 0.853. The third kappa shape index (κ3) is 5.60. The summed E-state index contributed by atoms with van der Waals surface area (Å²) >= 11 is 0. The summed E-state index contributed by atoms with van der Waals surface area (Å²) in [6.45, 7) is 9.32. The molecule has 5 heteroatoms. The summed E-state index contributed by atoms with van der Waals surface area (Å²) in [5.41, 5.74) is 2.91. The number of benzene rings is 1. The molecule has 1 saturated heterocycles. The molecule has 0 spiro atoms. The molecule has 1 N–H and O–H groups in total. The minimum absolute atomic E-state index is 0. The molecular formula is C19H33Cl2N3. The van der Waals surface area contributed by atoms with Crippen LogP contribution in [0.5, 0.6) is 0 Å². The summed E-state index contributed by atoms with van der Waals surface area (Å²) in [6.07, 6.45) is 4.09. The fourth-order valence-corrected chi connectivity index (χ4v) is 4.07. The van der Waals surface area contributed by atoms with Gasteiger partial charge in [0, 0.05) is 45.3 Å². The number of likely N-dealkylation sites (N-methyl/N-ethyl adjacent to an activating group) is 1. The molecule has 3 nitrogen and oxygen atoms in total. The van der Waals surface area contributed by atoms with E-state index >= 15 is 0 Å². The number of aryl methyl sites for hydroxylation is 1. The Morgan fingerprint density at radius 2 is 1.75 bits per heavy atom. The molecule has 3 rings (SSSR count). The van der Waals surface area contributed by atoms with Crippen LogP contribution in [0.1, 0.15) is 36.3 Å². The Morgan fingerprint density at radius 1 is 1.08 bits per heavy atom. The highest BCUT2D eigenvalue weighted by Crippen LogP contribution is 2.37. The molecule has 1 aromatic carbocycles. The number of piperazine rings is 1. The zero-order valence-electron chi connectivity index (χ0n) is 15.0. The maximum atomic E-state index is 3.44. The summed E-state index contributed by atoms with van der Waals surface area (Å²) < 4.78 is 0. The third-order valence-electron chi connectivity index (χ3n) is 5.53. The van der Waals surface area contributed by atoms with Crippen molar-refractivity contribution >= 4 is 24.8 Å². The molecule has 0 amide bonds. The number of hydrogen-bond donors (Lipinski definition) is 1. The molecule has 2 unspecified atom stereocenters. The van der Waals surface area contributed by atoms with Crippen LogP contribution in [0.2, 0.25) is 0 Å². The smallest absolute Gasteiger partial charge is 0.0161 e. The van der Waals surface area contributed by atoms with E-state index in [1.807, 2.05) is 0 Å². The van der Waals surface area contributed by atoms with Crippen molar-refractivity contribution in [1.29, 1.82) is 0 Å². The lowest BCUT2D eigenvalue weighted by Crippen LogP contribution is -2.47. The second kappa shape index (κ2) is 10.6. The van der Waals surface area contributed by atoms with Crippen LogP contribution in [0.25, 0.3) is 0 Å². The van der Waals surface area contributed by atoms with Crippen molar-refractivity contribution in [3.63, 3.8) is 0 Å². The van der Waals surface area contributed by atoms with E-state index in [1.54, 1.807) is 5.56 Å². The highest BCUT2D eigenvalue weighted by atomic mass is 35.5. The number of nitrogens with zero attached hydrogens (tertiary/aromatic N) is 2. The van der Waals surface area contributed by atoms with Gasteiger partial charge in [-0.2, -0.15) is 0 Å². The van der Waals surface area contributed by atoms with E-state index in [4.69, 9.17) is 0 Å². The van der Waals surface area contributed by atoms with Gasteiger partial charge in [-0.15, -0.1) is 24.8 Å². The molecule has 2 aliphatic rings. The van der Waals surface area contributed by atoms with Gasteiger partial charge in [-0.3, -0.25) is 4.90 Å². The minimum Gasteiger partial charge on any atom is -0.314 e. The first-order valence-electron chi connectivity index (χ1n) is 8.94. The van der Waals surface area contributed by atoms with Gasteiger partial charge in [0.1, 0.15) is 0 Å². The second-order valence-electron chi connectivity index (χ2n) is 7.09. The second-order valence-corrected chi connectivity index (χ2v) is 7.09. The Labute approximate surface area is 160 Å². The monoisotopic (exact) mass is 373 g/mol. The van der Waals surface area contributed by atoms with Crippen LogP contribution >= 0.6 is 24.8 Å². The number of hydrogen-bond acceptors (Lipinski definition) is 3. The highest BCUT2D eigenvalue weighted by Gasteiger charge is 2.31. The largest absolute Gasteiger partial charge is 0.314 e. The summed E-state index contributed by atoms with van der Waals surface area (Å²) in [5.74, 6) is 0.730. The standard InChI is InChI=1S/C19H31N3.2ClH/c1-16-6-8-17(9-7-16)18-4-3-5-19(18)21(2)14-15-22-12-10-20-11-13-22;;/h6-9,18-20H,3-5,10-15H2,1-2H3;2*1H. The summed E-state index contributed by atoms with van der Waals surface area (Å²) in [4.78, 5) is 5.22. The van der Waals surface area contributed by atoms with Gasteiger partial charge in [0.25, 0.3) is 0 Å².